The van der Waals surface area contributed by atoms with E-state index in [-0.39, 0.29) is 31.6 Å². The number of rotatable bonds is 10. The van der Waals surface area contributed by atoms with Gasteiger partial charge in [0.25, 0.3) is 0 Å². The summed E-state index contributed by atoms with van der Waals surface area (Å²) in [7, 11) is 0. The maximum atomic E-state index is 14.7. The average Bonchev–Trinajstić information content (AvgIpc) is 2.83. The Bertz CT molecular complexity index is 927. The van der Waals surface area contributed by atoms with E-state index in [9.17, 15) is 14.0 Å². The molecule has 7 nitrogen and oxygen atoms in total. The van der Waals surface area contributed by atoms with E-state index in [1.54, 1.807) is 12.1 Å². The van der Waals surface area contributed by atoms with Crippen LogP contribution in [0.1, 0.15) is 36.9 Å². The van der Waals surface area contributed by atoms with Crippen molar-refractivity contribution >= 4 is 23.6 Å². The summed E-state index contributed by atoms with van der Waals surface area (Å²) < 4.78 is 25.4. The van der Waals surface area contributed by atoms with Crippen LogP contribution < -0.4 is 10.6 Å². The molecule has 0 spiro atoms. The van der Waals surface area contributed by atoms with Crippen LogP contribution >= 0.6 is 11.6 Å². The summed E-state index contributed by atoms with van der Waals surface area (Å²) in [5.74, 6) is -0.581. The van der Waals surface area contributed by atoms with Gasteiger partial charge < -0.3 is 20.1 Å². The van der Waals surface area contributed by atoms with Gasteiger partial charge in [-0.2, -0.15) is 0 Å². The van der Waals surface area contributed by atoms with E-state index in [2.05, 4.69) is 15.5 Å². The Balaban J connectivity index is 1.44. The molecule has 1 heterocycles. The van der Waals surface area contributed by atoms with Crippen LogP contribution in [0.5, 0.6) is 0 Å². The lowest BCUT2D eigenvalue weighted by atomic mass is 10.0. The van der Waals surface area contributed by atoms with Crippen molar-refractivity contribution in [2.24, 2.45) is 0 Å². The molecule has 1 fully saturated rings. The monoisotopic (exact) mass is 491 g/mol. The summed E-state index contributed by atoms with van der Waals surface area (Å²) in [5.41, 5.74) is 1.28. The minimum atomic E-state index is -0.528. The first-order valence-electron chi connectivity index (χ1n) is 11.4. The number of hydrogen-bond donors (Lipinski definition) is 2. The van der Waals surface area contributed by atoms with Gasteiger partial charge in [0.05, 0.1) is 18.8 Å². The third-order valence-corrected chi connectivity index (χ3v) is 5.93. The van der Waals surface area contributed by atoms with Crippen LogP contribution in [0.3, 0.4) is 0 Å². The van der Waals surface area contributed by atoms with Gasteiger partial charge in [0, 0.05) is 43.2 Å². The van der Waals surface area contributed by atoms with E-state index < -0.39 is 18.0 Å². The lowest BCUT2D eigenvalue weighted by molar-refractivity contribution is -0.121. The lowest BCUT2D eigenvalue weighted by Crippen LogP contribution is -2.47. The van der Waals surface area contributed by atoms with Gasteiger partial charge >= 0.3 is 6.09 Å². The van der Waals surface area contributed by atoms with Crippen LogP contribution in [-0.2, 0) is 20.9 Å². The van der Waals surface area contributed by atoms with Crippen LogP contribution in [0.2, 0.25) is 5.02 Å². The van der Waals surface area contributed by atoms with Crippen LogP contribution in [0.25, 0.3) is 0 Å². The van der Waals surface area contributed by atoms with E-state index in [1.165, 1.54) is 6.07 Å². The molecule has 0 saturated carbocycles. The molecule has 0 radical (unpaired) electrons. The van der Waals surface area contributed by atoms with Crippen molar-refractivity contribution in [1.82, 2.24) is 15.5 Å². The number of amides is 2. The molecule has 9 heteroatoms. The molecular weight excluding hydrogens is 461 g/mol. The van der Waals surface area contributed by atoms with Crippen LogP contribution in [0.4, 0.5) is 9.18 Å². The zero-order valence-corrected chi connectivity index (χ0v) is 20.0. The molecule has 1 aliphatic rings. The van der Waals surface area contributed by atoms with Gasteiger partial charge in [-0.15, -0.1) is 0 Å². The maximum absolute atomic E-state index is 14.7. The number of carbonyl (C=O) groups is 2. The van der Waals surface area contributed by atoms with Gasteiger partial charge in [-0.05, 0) is 31.0 Å². The van der Waals surface area contributed by atoms with Crippen molar-refractivity contribution in [3.63, 3.8) is 0 Å². The molecule has 34 heavy (non-hydrogen) atoms. The van der Waals surface area contributed by atoms with Gasteiger partial charge in [0.1, 0.15) is 12.4 Å². The second-order valence-electron chi connectivity index (χ2n) is 8.22. The van der Waals surface area contributed by atoms with E-state index in [4.69, 9.17) is 21.1 Å². The third-order valence-electron chi connectivity index (χ3n) is 5.60. The third kappa shape index (κ3) is 7.97. The Kier molecular flexibility index (Phi) is 10.1. The fourth-order valence-corrected chi connectivity index (χ4v) is 4.17. The lowest BCUT2D eigenvalue weighted by Gasteiger charge is -2.38. The van der Waals surface area contributed by atoms with Crippen molar-refractivity contribution < 1.29 is 23.5 Å². The molecule has 184 valence electrons. The second kappa shape index (κ2) is 13.3. The summed E-state index contributed by atoms with van der Waals surface area (Å²) in [6.45, 7) is 4.44. The standard InChI is InChI=1S/C25H31ClFN3O4/c1-18-16-30(13-14-33-18)22(24-20(26)9-5-10-21(24)27)15-29-23(31)11-6-12-28-25(32)34-17-19-7-3-2-4-8-19/h2-5,7-10,18,22H,6,11-17H2,1H3,(H,28,32)(H,29,31). The van der Waals surface area contributed by atoms with E-state index in [0.29, 0.717) is 43.2 Å². The highest BCUT2D eigenvalue weighted by molar-refractivity contribution is 6.31. The molecular formula is C25H31ClFN3O4. The number of halogens is 2. The molecule has 2 atom stereocenters. The smallest absolute Gasteiger partial charge is 0.407 e. The number of nitrogens with one attached hydrogen (secondary N) is 2. The second-order valence-corrected chi connectivity index (χ2v) is 8.63. The molecule has 1 saturated heterocycles. The summed E-state index contributed by atoms with van der Waals surface area (Å²) in [5, 5.41) is 5.86. The number of benzene rings is 2. The first kappa shape index (κ1) is 25.9. The van der Waals surface area contributed by atoms with Crippen LogP contribution in [-0.4, -0.2) is 55.8 Å². The quantitative estimate of drug-likeness (QED) is 0.490. The first-order valence-corrected chi connectivity index (χ1v) is 11.8. The van der Waals surface area contributed by atoms with E-state index >= 15 is 0 Å². The van der Waals surface area contributed by atoms with Gasteiger partial charge in [-0.25, -0.2) is 9.18 Å². The summed E-state index contributed by atoms with van der Waals surface area (Å²) in [4.78, 5) is 26.3. The van der Waals surface area contributed by atoms with Crippen molar-refractivity contribution in [2.45, 2.75) is 38.5 Å². The SMILES string of the molecule is CC1CN(C(CNC(=O)CCCNC(=O)OCc2ccccc2)c2c(F)cccc2Cl)CCO1. The highest BCUT2D eigenvalue weighted by Crippen LogP contribution is 2.31. The van der Waals surface area contributed by atoms with Crippen molar-refractivity contribution in [3.05, 3.63) is 70.5 Å². The largest absolute Gasteiger partial charge is 0.445 e. The Morgan fingerprint density at radius 2 is 2.00 bits per heavy atom. The Morgan fingerprint density at radius 3 is 2.74 bits per heavy atom. The number of morpholine rings is 1. The van der Waals surface area contributed by atoms with Crippen LogP contribution in [0, 0.1) is 5.82 Å². The molecule has 2 amide bonds. The Labute approximate surface area is 204 Å². The topological polar surface area (TPSA) is 79.9 Å². The van der Waals surface area contributed by atoms with Crippen LogP contribution in [0.15, 0.2) is 48.5 Å². The van der Waals surface area contributed by atoms with Gasteiger partial charge in [-0.1, -0.05) is 48.0 Å². The highest BCUT2D eigenvalue weighted by Gasteiger charge is 2.29. The fraction of sp³-hybridized carbons (Fsp3) is 0.440. The number of alkyl carbamates (subject to hydrolysis) is 1. The Hall–Kier alpha value is -2.68. The van der Waals surface area contributed by atoms with Gasteiger partial charge in [0.2, 0.25) is 5.91 Å². The summed E-state index contributed by atoms with van der Waals surface area (Å²) in [6, 6.07) is 13.6. The van der Waals surface area contributed by atoms with Crippen molar-refractivity contribution in [3.8, 4) is 0 Å². The van der Waals surface area contributed by atoms with E-state index in [0.717, 1.165) is 5.56 Å². The molecule has 0 aromatic heterocycles. The summed E-state index contributed by atoms with van der Waals surface area (Å²) in [6.07, 6.45) is 0.146. The van der Waals surface area contributed by atoms with Crippen molar-refractivity contribution in [1.29, 1.82) is 0 Å². The molecule has 2 aromatic carbocycles. The molecule has 2 N–H and O–H groups in total. The molecule has 1 aliphatic heterocycles. The number of ether oxygens (including phenoxy) is 2. The molecule has 2 unspecified atom stereocenters. The van der Waals surface area contributed by atoms with Gasteiger partial charge in [0.15, 0.2) is 0 Å². The highest BCUT2D eigenvalue weighted by atomic mass is 35.5. The number of hydrogen-bond acceptors (Lipinski definition) is 5. The number of carbonyl (C=O) groups excluding carboxylic acids is 2. The van der Waals surface area contributed by atoms with E-state index in [1.807, 2.05) is 37.3 Å². The normalized spacial score (nSPS) is 17.1. The summed E-state index contributed by atoms with van der Waals surface area (Å²) >= 11 is 6.33. The molecule has 2 aromatic rings. The first-order chi connectivity index (χ1) is 16.4. The Morgan fingerprint density at radius 1 is 1.21 bits per heavy atom. The maximum Gasteiger partial charge on any atom is 0.407 e. The predicted octanol–water partition coefficient (Wildman–Crippen LogP) is 4.06. The fourth-order valence-electron chi connectivity index (χ4n) is 3.88. The van der Waals surface area contributed by atoms with Crippen molar-refractivity contribution in [2.75, 3.05) is 32.8 Å². The zero-order chi connectivity index (χ0) is 24.3. The zero-order valence-electron chi connectivity index (χ0n) is 19.3. The molecule has 3 rings (SSSR count). The minimum Gasteiger partial charge on any atom is -0.445 e. The predicted molar refractivity (Wildman–Crippen MR) is 128 cm³/mol. The van der Waals surface area contributed by atoms with Gasteiger partial charge in [-0.3, -0.25) is 9.69 Å². The number of nitrogens with zero attached hydrogens (tertiary/aromatic N) is 1. The molecule has 0 bridgehead atoms. The molecule has 0 aliphatic carbocycles. The average molecular weight is 492 g/mol. The minimum absolute atomic E-state index is 0.00483.